The highest BCUT2D eigenvalue weighted by atomic mass is 35.5. The molecule has 1 saturated carbocycles. The summed E-state index contributed by atoms with van der Waals surface area (Å²) in [5, 5.41) is 4.45. The number of hydrogen-bond donors (Lipinski definition) is 1. The molecule has 1 atom stereocenters. The maximum absolute atomic E-state index is 6.32. The van der Waals surface area contributed by atoms with Gasteiger partial charge in [-0.15, -0.1) is 0 Å². The van der Waals surface area contributed by atoms with E-state index in [1.54, 1.807) is 0 Å². The van der Waals surface area contributed by atoms with Gasteiger partial charge in [0.2, 0.25) is 0 Å². The topological polar surface area (TPSA) is 12.0 Å². The Hall–Kier alpha value is -0.530. The van der Waals surface area contributed by atoms with Gasteiger partial charge in [0.25, 0.3) is 0 Å². The smallest absolute Gasteiger partial charge is 0.0438 e. The van der Waals surface area contributed by atoms with Crippen LogP contribution in [0, 0.1) is 17.3 Å². The van der Waals surface area contributed by atoms with Crippen LogP contribution in [0.3, 0.4) is 0 Å². The van der Waals surface area contributed by atoms with Gasteiger partial charge in [0, 0.05) is 11.1 Å². The Morgan fingerprint density at radius 2 is 1.76 bits per heavy atom. The van der Waals surface area contributed by atoms with E-state index in [1.807, 2.05) is 12.1 Å². The summed E-state index contributed by atoms with van der Waals surface area (Å²) in [6, 6.07) is 8.80. The molecule has 1 aromatic carbocycles. The molecule has 2 heteroatoms. The van der Waals surface area contributed by atoms with E-state index >= 15 is 0 Å². The Bertz CT molecular complexity index is 441. The molecule has 0 aliphatic heterocycles. The van der Waals surface area contributed by atoms with Gasteiger partial charge in [-0.25, -0.2) is 0 Å². The quantitative estimate of drug-likeness (QED) is 0.793. The fourth-order valence-corrected chi connectivity index (χ4v) is 4.01. The fraction of sp³-hybridized carbons (Fsp3) is 0.684. The molecule has 118 valence electrons. The largest absolute Gasteiger partial charge is 0.316 e. The first-order valence-electron chi connectivity index (χ1n) is 8.32. The van der Waals surface area contributed by atoms with Crippen LogP contribution in [-0.4, -0.2) is 13.1 Å². The Labute approximate surface area is 135 Å². The molecule has 0 spiro atoms. The average Bonchev–Trinajstić information content (AvgIpc) is 2.46. The molecule has 1 aliphatic carbocycles. The van der Waals surface area contributed by atoms with Crippen molar-refractivity contribution in [3.63, 3.8) is 0 Å². The third kappa shape index (κ3) is 4.47. The van der Waals surface area contributed by atoms with Crippen LogP contribution in [0.2, 0.25) is 5.02 Å². The van der Waals surface area contributed by atoms with Crippen LogP contribution in [0.4, 0.5) is 0 Å². The highest BCUT2D eigenvalue weighted by Crippen LogP contribution is 2.41. The number of benzene rings is 1. The number of rotatable bonds is 4. The van der Waals surface area contributed by atoms with Gasteiger partial charge in [-0.3, -0.25) is 0 Å². The first-order valence-corrected chi connectivity index (χ1v) is 8.70. The number of likely N-dealkylation sites (N-methyl/N-ethyl adjacent to an activating group) is 1. The molecular weight excluding hydrogens is 278 g/mol. The van der Waals surface area contributed by atoms with E-state index in [1.165, 1.54) is 31.2 Å². The van der Waals surface area contributed by atoms with Crippen molar-refractivity contribution < 1.29 is 0 Å². The predicted octanol–water partition coefficient (Wildman–Crippen LogP) is 5.32. The van der Waals surface area contributed by atoms with Gasteiger partial charge in [0.15, 0.2) is 0 Å². The summed E-state index contributed by atoms with van der Waals surface area (Å²) in [6.45, 7) is 7.16. The van der Waals surface area contributed by atoms with Crippen molar-refractivity contribution in [1.82, 2.24) is 5.32 Å². The second-order valence-electron chi connectivity index (χ2n) is 7.67. The van der Waals surface area contributed by atoms with E-state index in [9.17, 15) is 0 Å². The molecule has 1 unspecified atom stereocenters. The maximum atomic E-state index is 6.32. The lowest BCUT2D eigenvalue weighted by atomic mass is 9.68. The molecule has 1 aliphatic rings. The zero-order chi connectivity index (χ0) is 15.5. The summed E-state index contributed by atoms with van der Waals surface area (Å²) in [7, 11) is 2.09. The van der Waals surface area contributed by atoms with Crippen molar-refractivity contribution >= 4 is 11.6 Å². The third-order valence-electron chi connectivity index (χ3n) is 5.33. The highest BCUT2D eigenvalue weighted by molar-refractivity contribution is 6.31. The highest BCUT2D eigenvalue weighted by Gasteiger charge is 2.32. The second-order valence-corrected chi connectivity index (χ2v) is 8.08. The van der Waals surface area contributed by atoms with Crippen LogP contribution >= 0.6 is 11.6 Å². The van der Waals surface area contributed by atoms with Crippen LogP contribution in [0.25, 0.3) is 0 Å². The van der Waals surface area contributed by atoms with Crippen molar-refractivity contribution in [3.8, 4) is 0 Å². The number of hydrogen-bond acceptors (Lipinski definition) is 1. The molecule has 1 aromatic rings. The molecule has 0 saturated heterocycles. The van der Waals surface area contributed by atoms with E-state index in [2.05, 4.69) is 45.3 Å². The monoisotopic (exact) mass is 307 g/mol. The summed E-state index contributed by atoms with van der Waals surface area (Å²) < 4.78 is 0. The van der Waals surface area contributed by atoms with E-state index in [4.69, 9.17) is 11.6 Å². The summed E-state index contributed by atoms with van der Waals surface area (Å²) >= 11 is 6.32. The molecule has 21 heavy (non-hydrogen) atoms. The van der Waals surface area contributed by atoms with Gasteiger partial charge < -0.3 is 5.32 Å². The minimum absolute atomic E-state index is 0.461. The zero-order valence-corrected chi connectivity index (χ0v) is 14.7. The number of halogens is 1. The second kappa shape index (κ2) is 7.15. The van der Waals surface area contributed by atoms with Gasteiger partial charge in [-0.1, -0.05) is 50.6 Å². The molecule has 0 amide bonds. The predicted molar refractivity (Wildman–Crippen MR) is 92.9 cm³/mol. The minimum Gasteiger partial charge on any atom is -0.316 e. The van der Waals surface area contributed by atoms with E-state index in [-0.39, 0.29) is 0 Å². The minimum atomic E-state index is 0.461. The molecule has 0 radical (unpaired) electrons. The van der Waals surface area contributed by atoms with Crippen LogP contribution in [-0.2, 0) is 6.42 Å². The van der Waals surface area contributed by atoms with Crippen molar-refractivity contribution in [2.45, 2.75) is 58.9 Å². The average molecular weight is 308 g/mol. The van der Waals surface area contributed by atoms with Gasteiger partial charge in [-0.05, 0) is 68.0 Å². The standard InChI is InChI=1S/C19H30ClN/c1-19(2,3)16-11-9-14(10-12-16)18(21-4)13-15-7-5-6-8-17(15)20/h5-8,14,16,18,21H,9-13H2,1-4H3. The Balaban J connectivity index is 1.96. The van der Waals surface area contributed by atoms with Crippen molar-refractivity contribution in [2.75, 3.05) is 7.05 Å². The van der Waals surface area contributed by atoms with Crippen molar-refractivity contribution in [1.29, 1.82) is 0 Å². The third-order valence-corrected chi connectivity index (χ3v) is 5.70. The first kappa shape index (κ1) is 16.8. The number of nitrogens with one attached hydrogen (secondary N) is 1. The van der Waals surface area contributed by atoms with E-state index in [0.717, 1.165) is 23.3 Å². The van der Waals surface area contributed by atoms with Crippen molar-refractivity contribution in [2.24, 2.45) is 17.3 Å². The van der Waals surface area contributed by atoms with Gasteiger partial charge in [0.05, 0.1) is 0 Å². The molecule has 0 bridgehead atoms. The summed E-state index contributed by atoms with van der Waals surface area (Å²) in [5.41, 5.74) is 1.74. The van der Waals surface area contributed by atoms with E-state index in [0.29, 0.717) is 11.5 Å². The summed E-state index contributed by atoms with van der Waals surface area (Å²) in [5.74, 6) is 1.66. The Kier molecular flexibility index (Phi) is 5.73. The maximum Gasteiger partial charge on any atom is 0.0438 e. The fourth-order valence-electron chi connectivity index (χ4n) is 3.79. The molecule has 1 fully saturated rings. The van der Waals surface area contributed by atoms with Gasteiger partial charge in [-0.2, -0.15) is 0 Å². The first-order chi connectivity index (χ1) is 9.91. The Morgan fingerprint density at radius 3 is 2.29 bits per heavy atom. The molecule has 0 aromatic heterocycles. The Morgan fingerprint density at radius 1 is 1.14 bits per heavy atom. The molecular formula is C19H30ClN. The van der Waals surface area contributed by atoms with Gasteiger partial charge >= 0.3 is 0 Å². The molecule has 0 heterocycles. The van der Waals surface area contributed by atoms with E-state index < -0.39 is 0 Å². The van der Waals surface area contributed by atoms with Crippen LogP contribution < -0.4 is 5.32 Å². The summed E-state index contributed by atoms with van der Waals surface area (Å²) in [6.07, 6.45) is 6.47. The molecule has 1 N–H and O–H groups in total. The lowest BCUT2D eigenvalue weighted by molar-refractivity contribution is 0.134. The molecule has 1 nitrogen and oxygen atoms in total. The lowest BCUT2D eigenvalue weighted by Gasteiger charge is -2.39. The summed E-state index contributed by atoms with van der Waals surface area (Å²) in [4.78, 5) is 0. The van der Waals surface area contributed by atoms with Crippen LogP contribution in [0.1, 0.15) is 52.0 Å². The lowest BCUT2D eigenvalue weighted by Crippen LogP contribution is -2.39. The molecule has 2 rings (SSSR count). The zero-order valence-electron chi connectivity index (χ0n) is 14.0. The SMILES string of the molecule is CNC(Cc1ccccc1Cl)C1CCC(C(C)(C)C)CC1. The van der Waals surface area contributed by atoms with Crippen molar-refractivity contribution in [3.05, 3.63) is 34.9 Å². The van der Waals surface area contributed by atoms with Crippen LogP contribution in [0.5, 0.6) is 0 Å². The van der Waals surface area contributed by atoms with Gasteiger partial charge in [0.1, 0.15) is 0 Å². The normalized spacial score (nSPS) is 24.8. The van der Waals surface area contributed by atoms with Crippen LogP contribution in [0.15, 0.2) is 24.3 Å².